The lowest BCUT2D eigenvalue weighted by molar-refractivity contribution is -0.147. The van der Waals surface area contributed by atoms with Crippen LogP contribution >= 0.6 is 0 Å². The molecule has 1 amide bonds. The van der Waals surface area contributed by atoms with Gasteiger partial charge >= 0.3 is 12.1 Å². The second-order valence-electron chi connectivity index (χ2n) is 5.03. The Morgan fingerprint density at radius 1 is 1.08 bits per heavy atom. The van der Waals surface area contributed by atoms with Gasteiger partial charge in [-0.25, -0.2) is 9.97 Å². The van der Waals surface area contributed by atoms with Crippen LogP contribution in [0.3, 0.4) is 0 Å². The molecule has 0 spiro atoms. The fraction of sp³-hybridized carbons (Fsp3) is 0.250. The number of alkyl halides is 3. The molecule has 2 aromatic rings. The Hall–Kier alpha value is -3.17. The molecule has 0 aliphatic carbocycles. The summed E-state index contributed by atoms with van der Waals surface area (Å²) >= 11 is 0. The van der Waals surface area contributed by atoms with Crippen molar-refractivity contribution in [3.63, 3.8) is 0 Å². The first-order valence-corrected chi connectivity index (χ1v) is 7.48. The second-order valence-corrected chi connectivity index (χ2v) is 5.03. The molecule has 0 saturated heterocycles. The number of carbonyl (C=O) groups is 2. The number of nitrogens with one attached hydrogen (secondary N) is 2. The molecular formula is C16H15F3N4O3. The zero-order valence-corrected chi connectivity index (χ0v) is 13.4. The summed E-state index contributed by atoms with van der Waals surface area (Å²) in [6.07, 6.45) is -1.37. The van der Waals surface area contributed by atoms with E-state index < -0.39 is 30.2 Å². The molecule has 7 nitrogen and oxygen atoms in total. The van der Waals surface area contributed by atoms with Crippen LogP contribution in [0, 0.1) is 0 Å². The van der Waals surface area contributed by atoms with Gasteiger partial charge in [0.2, 0.25) is 5.95 Å². The van der Waals surface area contributed by atoms with Crippen LogP contribution in [0.2, 0.25) is 0 Å². The standard InChI is InChI=1S/C16H15F3N4O3/c17-16(18,19)11-2-4-12(5-3-11)23-13(24)10-26-14(25)6-9-22-15-20-7-1-8-21-15/h1-5,7-8H,6,9-10H2,(H,23,24)(H,20,21,22). The molecule has 0 saturated carbocycles. The highest BCUT2D eigenvalue weighted by Gasteiger charge is 2.29. The van der Waals surface area contributed by atoms with Crippen molar-refractivity contribution in [1.82, 2.24) is 9.97 Å². The van der Waals surface area contributed by atoms with Crippen LogP contribution < -0.4 is 10.6 Å². The van der Waals surface area contributed by atoms with Gasteiger partial charge in [0.05, 0.1) is 12.0 Å². The molecule has 0 fully saturated rings. The number of carbonyl (C=O) groups excluding carboxylic acids is 2. The maximum Gasteiger partial charge on any atom is 0.416 e. The van der Waals surface area contributed by atoms with Gasteiger partial charge in [-0.15, -0.1) is 0 Å². The number of ether oxygens (including phenoxy) is 1. The maximum absolute atomic E-state index is 12.4. The highest BCUT2D eigenvalue weighted by molar-refractivity contribution is 5.92. The number of aromatic nitrogens is 2. The van der Waals surface area contributed by atoms with E-state index in [0.717, 1.165) is 24.3 Å². The van der Waals surface area contributed by atoms with Crippen LogP contribution in [0.15, 0.2) is 42.7 Å². The third-order valence-electron chi connectivity index (χ3n) is 3.04. The van der Waals surface area contributed by atoms with Crippen LogP contribution in [0.25, 0.3) is 0 Å². The minimum Gasteiger partial charge on any atom is -0.456 e. The highest BCUT2D eigenvalue weighted by Crippen LogP contribution is 2.29. The molecule has 0 atom stereocenters. The number of amides is 1. The SMILES string of the molecule is O=C(COC(=O)CCNc1ncccn1)Nc1ccc(C(F)(F)F)cc1. The van der Waals surface area contributed by atoms with E-state index in [9.17, 15) is 22.8 Å². The normalized spacial score (nSPS) is 10.9. The predicted octanol–water partition coefficient (Wildman–Crippen LogP) is 2.48. The average molecular weight is 368 g/mol. The summed E-state index contributed by atoms with van der Waals surface area (Å²) in [6, 6.07) is 5.57. The zero-order chi connectivity index (χ0) is 19.0. The molecule has 0 aliphatic rings. The minimum atomic E-state index is -4.45. The van der Waals surface area contributed by atoms with Crippen molar-refractivity contribution in [3.05, 3.63) is 48.3 Å². The Morgan fingerprint density at radius 2 is 1.73 bits per heavy atom. The summed E-state index contributed by atoms with van der Waals surface area (Å²) in [5.74, 6) is -0.909. The smallest absolute Gasteiger partial charge is 0.416 e. The summed E-state index contributed by atoms with van der Waals surface area (Å²) in [7, 11) is 0. The third-order valence-corrected chi connectivity index (χ3v) is 3.04. The number of halogens is 3. The van der Waals surface area contributed by atoms with E-state index in [1.54, 1.807) is 18.5 Å². The number of hydrogen-bond donors (Lipinski definition) is 2. The first-order valence-electron chi connectivity index (χ1n) is 7.48. The number of esters is 1. The van der Waals surface area contributed by atoms with E-state index in [0.29, 0.717) is 5.95 Å². The van der Waals surface area contributed by atoms with E-state index in [1.165, 1.54) is 0 Å². The van der Waals surface area contributed by atoms with E-state index >= 15 is 0 Å². The number of rotatable bonds is 7. The van der Waals surface area contributed by atoms with Crippen molar-refractivity contribution in [2.24, 2.45) is 0 Å². The van der Waals surface area contributed by atoms with Crippen LogP contribution in [-0.4, -0.2) is 35.0 Å². The van der Waals surface area contributed by atoms with Crippen molar-refractivity contribution in [1.29, 1.82) is 0 Å². The van der Waals surface area contributed by atoms with Crippen molar-refractivity contribution < 1.29 is 27.5 Å². The van der Waals surface area contributed by atoms with Crippen molar-refractivity contribution in [2.75, 3.05) is 23.8 Å². The maximum atomic E-state index is 12.4. The van der Waals surface area contributed by atoms with E-state index in [2.05, 4.69) is 20.6 Å². The predicted molar refractivity (Wildman–Crippen MR) is 86.2 cm³/mol. The Morgan fingerprint density at radius 3 is 2.35 bits per heavy atom. The summed E-state index contributed by atoms with van der Waals surface area (Å²) in [5, 5.41) is 5.14. The summed E-state index contributed by atoms with van der Waals surface area (Å²) in [4.78, 5) is 31.0. The van der Waals surface area contributed by atoms with Gasteiger partial charge in [-0.3, -0.25) is 9.59 Å². The van der Waals surface area contributed by atoms with E-state index in [4.69, 9.17) is 4.74 Å². The first-order chi connectivity index (χ1) is 12.3. The molecule has 1 aromatic carbocycles. The molecule has 0 radical (unpaired) electrons. The lowest BCUT2D eigenvalue weighted by atomic mass is 10.2. The molecule has 26 heavy (non-hydrogen) atoms. The molecule has 0 aliphatic heterocycles. The summed E-state index contributed by atoms with van der Waals surface area (Å²) in [6.45, 7) is -0.314. The van der Waals surface area contributed by atoms with Gasteiger partial charge in [0.1, 0.15) is 0 Å². The van der Waals surface area contributed by atoms with Crippen LogP contribution in [0.4, 0.5) is 24.8 Å². The van der Waals surface area contributed by atoms with Gasteiger partial charge in [0, 0.05) is 24.6 Å². The lowest BCUT2D eigenvalue weighted by Gasteiger charge is -2.09. The molecule has 10 heteroatoms. The first kappa shape index (κ1) is 19.2. The fourth-order valence-electron chi connectivity index (χ4n) is 1.82. The Balaban J connectivity index is 1.68. The number of anilines is 2. The lowest BCUT2D eigenvalue weighted by Crippen LogP contribution is -2.22. The number of hydrogen-bond acceptors (Lipinski definition) is 6. The monoisotopic (exact) mass is 368 g/mol. The molecule has 2 N–H and O–H groups in total. The minimum absolute atomic E-state index is 0.00812. The Labute approximate surface area is 146 Å². The fourth-order valence-corrected chi connectivity index (χ4v) is 1.82. The quantitative estimate of drug-likeness (QED) is 0.730. The summed E-state index contributed by atoms with van der Waals surface area (Å²) in [5.41, 5.74) is -0.654. The van der Waals surface area contributed by atoms with Gasteiger partial charge < -0.3 is 15.4 Å². The summed E-state index contributed by atoms with van der Waals surface area (Å²) < 4.78 is 42.1. The van der Waals surface area contributed by atoms with Gasteiger partial charge in [0.15, 0.2) is 6.61 Å². The van der Waals surface area contributed by atoms with Crippen molar-refractivity contribution >= 4 is 23.5 Å². The topological polar surface area (TPSA) is 93.2 Å². The van der Waals surface area contributed by atoms with Crippen LogP contribution in [0.1, 0.15) is 12.0 Å². The van der Waals surface area contributed by atoms with E-state index in [-0.39, 0.29) is 18.7 Å². The molecule has 2 rings (SSSR count). The van der Waals surface area contributed by atoms with Gasteiger partial charge in [-0.2, -0.15) is 13.2 Å². The van der Waals surface area contributed by atoms with Gasteiger partial charge in [-0.05, 0) is 30.3 Å². The number of benzene rings is 1. The molecule has 0 unspecified atom stereocenters. The Kier molecular flexibility index (Phi) is 6.48. The van der Waals surface area contributed by atoms with E-state index in [1.807, 2.05) is 0 Å². The highest BCUT2D eigenvalue weighted by atomic mass is 19.4. The largest absolute Gasteiger partial charge is 0.456 e. The third kappa shape index (κ3) is 6.38. The molecule has 0 bridgehead atoms. The van der Waals surface area contributed by atoms with Crippen LogP contribution in [-0.2, 0) is 20.5 Å². The number of nitrogens with zero attached hydrogens (tertiary/aromatic N) is 2. The average Bonchev–Trinajstić information content (AvgIpc) is 2.60. The molecule has 1 heterocycles. The van der Waals surface area contributed by atoms with Crippen LogP contribution in [0.5, 0.6) is 0 Å². The molecule has 138 valence electrons. The van der Waals surface area contributed by atoms with Crippen molar-refractivity contribution in [2.45, 2.75) is 12.6 Å². The molecule has 1 aromatic heterocycles. The second kappa shape index (κ2) is 8.79. The zero-order valence-electron chi connectivity index (χ0n) is 13.4. The molecular weight excluding hydrogens is 353 g/mol. The van der Waals surface area contributed by atoms with Crippen molar-refractivity contribution in [3.8, 4) is 0 Å². The Bertz CT molecular complexity index is 737. The van der Waals surface area contributed by atoms with Gasteiger partial charge in [-0.1, -0.05) is 0 Å². The van der Waals surface area contributed by atoms with Gasteiger partial charge in [0.25, 0.3) is 5.91 Å².